The Bertz CT molecular complexity index is 418. The van der Waals surface area contributed by atoms with Crippen molar-refractivity contribution >= 4 is 5.78 Å². The summed E-state index contributed by atoms with van der Waals surface area (Å²) in [5.74, 6) is -0.192. The molecule has 1 aromatic rings. The molecule has 0 spiro atoms. The maximum Gasteiger partial charge on any atom is 0.161 e. The monoisotopic (exact) mass is 191 g/mol. The van der Waals surface area contributed by atoms with Crippen LogP contribution in [0.2, 0.25) is 0 Å². The van der Waals surface area contributed by atoms with Gasteiger partial charge in [-0.25, -0.2) is 0 Å². The van der Waals surface area contributed by atoms with Gasteiger partial charge in [0.2, 0.25) is 0 Å². The predicted octanol–water partition coefficient (Wildman–Crippen LogP) is 1.48. The second-order valence-electron chi connectivity index (χ2n) is 2.74. The molecule has 0 saturated heterocycles. The molecule has 4 heteroatoms. The molecule has 0 aliphatic rings. The Labute approximate surface area is 81.4 Å². The molecule has 1 aromatic carbocycles. The number of methoxy groups -OCH3 is 1. The lowest BCUT2D eigenvalue weighted by molar-refractivity contribution is 0.101. The van der Waals surface area contributed by atoms with Crippen molar-refractivity contribution in [1.29, 1.82) is 5.26 Å². The topological polar surface area (TPSA) is 70.3 Å². The Hall–Kier alpha value is -2.02. The summed E-state index contributed by atoms with van der Waals surface area (Å²) >= 11 is 0. The zero-order valence-electron chi connectivity index (χ0n) is 7.87. The zero-order valence-corrected chi connectivity index (χ0v) is 7.87. The summed E-state index contributed by atoms with van der Waals surface area (Å²) in [7, 11) is 1.38. The smallest absolute Gasteiger partial charge is 0.161 e. The number of carbonyl (C=O) groups excluding carboxylic acids is 1. The van der Waals surface area contributed by atoms with E-state index >= 15 is 0 Å². The van der Waals surface area contributed by atoms with E-state index in [1.807, 2.05) is 6.07 Å². The van der Waals surface area contributed by atoms with Gasteiger partial charge in [-0.2, -0.15) is 5.26 Å². The average molecular weight is 191 g/mol. The third kappa shape index (κ3) is 1.67. The summed E-state index contributed by atoms with van der Waals surface area (Å²) in [6, 6.07) is 4.41. The number of phenolic OH excluding ortho intramolecular Hbond substituents is 1. The number of ketones is 1. The molecule has 72 valence electrons. The average Bonchev–Trinajstić information content (AvgIpc) is 2.16. The second kappa shape index (κ2) is 3.79. The van der Waals surface area contributed by atoms with Gasteiger partial charge in [-0.05, 0) is 13.0 Å². The van der Waals surface area contributed by atoms with Gasteiger partial charge in [0, 0.05) is 11.6 Å². The lowest BCUT2D eigenvalue weighted by Gasteiger charge is -2.06. The van der Waals surface area contributed by atoms with Crippen LogP contribution < -0.4 is 4.74 Å². The molecule has 0 heterocycles. The number of carbonyl (C=O) groups is 1. The molecule has 0 saturated carbocycles. The first-order valence-electron chi connectivity index (χ1n) is 3.92. The number of aromatic hydroxyl groups is 1. The first kappa shape index (κ1) is 10.1. The number of nitrogens with zero attached hydrogens (tertiary/aromatic N) is 1. The van der Waals surface area contributed by atoms with Gasteiger partial charge in [0.1, 0.15) is 6.07 Å². The Kier molecular flexibility index (Phi) is 2.73. The molecular weight excluding hydrogens is 182 g/mol. The van der Waals surface area contributed by atoms with Crippen LogP contribution in [0.1, 0.15) is 22.8 Å². The van der Waals surface area contributed by atoms with Crippen LogP contribution in [0.25, 0.3) is 0 Å². The lowest BCUT2D eigenvalue weighted by atomic mass is 10.0. The SMILES string of the molecule is COc1cc(C(C)=O)c(C#N)cc1O. The van der Waals surface area contributed by atoms with Crippen LogP contribution in [-0.4, -0.2) is 18.0 Å². The Morgan fingerprint density at radius 3 is 2.64 bits per heavy atom. The van der Waals surface area contributed by atoms with E-state index in [9.17, 15) is 9.90 Å². The van der Waals surface area contributed by atoms with Crippen molar-refractivity contribution < 1.29 is 14.6 Å². The van der Waals surface area contributed by atoms with Crippen LogP contribution in [-0.2, 0) is 0 Å². The quantitative estimate of drug-likeness (QED) is 0.718. The molecule has 1 N–H and O–H groups in total. The number of hydrogen-bond acceptors (Lipinski definition) is 4. The molecule has 14 heavy (non-hydrogen) atoms. The van der Waals surface area contributed by atoms with Crippen molar-refractivity contribution in [2.45, 2.75) is 6.92 Å². The van der Waals surface area contributed by atoms with Crippen LogP contribution in [0.3, 0.4) is 0 Å². The first-order chi connectivity index (χ1) is 6.60. The maximum absolute atomic E-state index is 11.1. The summed E-state index contributed by atoms with van der Waals surface area (Å²) in [5.41, 5.74) is 0.401. The van der Waals surface area contributed by atoms with Crippen molar-refractivity contribution in [2.24, 2.45) is 0 Å². The highest BCUT2D eigenvalue weighted by atomic mass is 16.5. The molecule has 0 radical (unpaired) electrons. The van der Waals surface area contributed by atoms with E-state index in [2.05, 4.69) is 0 Å². The fraction of sp³-hybridized carbons (Fsp3) is 0.200. The molecule has 0 aliphatic carbocycles. The summed E-state index contributed by atoms with van der Waals surface area (Å²) in [4.78, 5) is 11.1. The number of Topliss-reactive ketones (excluding diaryl/α,β-unsaturated/α-hetero) is 1. The minimum absolute atomic E-state index is 0.144. The van der Waals surface area contributed by atoms with Crippen molar-refractivity contribution in [3.8, 4) is 17.6 Å². The molecule has 0 fully saturated rings. The Morgan fingerprint density at radius 2 is 2.21 bits per heavy atom. The highest BCUT2D eigenvalue weighted by Crippen LogP contribution is 2.29. The Morgan fingerprint density at radius 1 is 1.57 bits per heavy atom. The van der Waals surface area contributed by atoms with Crippen LogP contribution in [0.4, 0.5) is 0 Å². The third-order valence-electron chi connectivity index (χ3n) is 1.82. The minimum Gasteiger partial charge on any atom is -0.504 e. The van der Waals surface area contributed by atoms with Crippen molar-refractivity contribution in [3.05, 3.63) is 23.3 Å². The minimum atomic E-state index is -0.236. The van der Waals surface area contributed by atoms with E-state index in [0.29, 0.717) is 0 Å². The van der Waals surface area contributed by atoms with E-state index < -0.39 is 0 Å². The second-order valence-corrected chi connectivity index (χ2v) is 2.74. The molecule has 4 nitrogen and oxygen atoms in total. The predicted molar refractivity (Wildman–Crippen MR) is 49.4 cm³/mol. The zero-order chi connectivity index (χ0) is 10.7. The van der Waals surface area contributed by atoms with Gasteiger partial charge in [0.25, 0.3) is 0 Å². The first-order valence-corrected chi connectivity index (χ1v) is 3.92. The van der Waals surface area contributed by atoms with Crippen LogP contribution in [0, 0.1) is 11.3 Å². The summed E-state index contributed by atoms with van der Waals surface area (Å²) in [6.07, 6.45) is 0. The van der Waals surface area contributed by atoms with Gasteiger partial charge in [0.15, 0.2) is 17.3 Å². The molecule has 0 atom stereocenters. The summed E-state index contributed by atoms with van der Waals surface area (Å²) in [6.45, 7) is 1.35. The standard InChI is InChI=1S/C10H9NO3/c1-6(12)8-4-10(14-2)9(13)3-7(8)5-11/h3-4,13H,1-2H3. The number of hydrogen-bond donors (Lipinski definition) is 1. The van der Waals surface area contributed by atoms with Gasteiger partial charge in [-0.3, -0.25) is 4.79 Å². The fourth-order valence-electron chi connectivity index (χ4n) is 1.12. The molecule has 0 unspecified atom stereocenters. The van der Waals surface area contributed by atoms with E-state index in [0.717, 1.165) is 0 Å². The molecule has 0 aromatic heterocycles. The van der Waals surface area contributed by atoms with Crippen molar-refractivity contribution in [2.75, 3.05) is 7.11 Å². The fourth-order valence-corrected chi connectivity index (χ4v) is 1.12. The summed E-state index contributed by atoms with van der Waals surface area (Å²) in [5, 5.41) is 18.0. The highest BCUT2D eigenvalue weighted by Gasteiger charge is 2.12. The molecule has 0 amide bonds. The van der Waals surface area contributed by atoms with Gasteiger partial charge in [-0.1, -0.05) is 0 Å². The molecular formula is C10H9NO3. The third-order valence-corrected chi connectivity index (χ3v) is 1.82. The normalized spacial score (nSPS) is 9.21. The lowest BCUT2D eigenvalue weighted by Crippen LogP contribution is -1.98. The Balaban J connectivity index is 3.42. The summed E-state index contributed by atoms with van der Waals surface area (Å²) < 4.78 is 4.82. The largest absolute Gasteiger partial charge is 0.504 e. The van der Waals surface area contributed by atoms with Gasteiger partial charge >= 0.3 is 0 Å². The number of rotatable bonds is 2. The van der Waals surface area contributed by atoms with Crippen LogP contribution in [0.15, 0.2) is 12.1 Å². The maximum atomic E-state index is 11.1. The van der Waals surface area contributed by atoms with Gasteiger partial charge in [-0.15, -0.1) is 0 Å². The van der Waals surface area contributed by atoms with Gasteiger partial charge in [0.05, 0.1) is 12.7 Å². The molecule has 1 rings (SSSR count). The highest BCUT2D eigenvalue weighted by molar-refractivity contribution is 5.97. The molecule has 0 aliphatic heterocycles. The van der Waals surface area contributed by atoms with Crippen LogP contribution in [0.5, 0.6) is 11.5 Å². The van der Waals surface area contributed by atoms with Crippen molar-refractivity contribution in [3.63, 3.8) is 0 Å². The van der Waals surface area contributed by atoms with Gasteiger partial charge < -0.3 is 9.84 Å². The van der Waals surface area contributed by atoms with E-state index in [1.165, 1.54) is 26.2 Å². The number of ether oxygens (including phenoxy) is 1. The molecule has 0 bridgehead atoms. The number of phenols is 1. The number of benzene rings is 1. The number of nitriles is 1. The van der Waals surface area contributed by atoms with Crippen LogP contribution >= 0.6 is 0 Å². The van der Waals surface area contributed by atoms with E-state index in [-0.39, 0.29) is 28.4 Å². The van der Waals surface area contributed by atoms with E-state index in [1.54, 1.807) is 0 Å². The van der Waals surface area contributed by atoms with Crippen molar-refractivity contribution in [1.82, 2.24) is 0 Å². The van der Waals surface area contributed by atoms with E-state index in [4.69, 9.17) is 10.00 Å².